The van der Waals surface area contributed by atoms with Crippen molar-refractivity contribution in [2.45, 2.75) is 41.9 Å². The van der Waals surface area contributed by atoms with Gasteiger partial charge < -0.3 is 12.4 Å². The molecule has 0 radical (unpaired) electrons. The van der Waals surface area contributed by atoms with E-state index in [0.717, 1.165) is 0 Å². The summed E-state index contributed by atoms with van der Waals surface area (Å²) in [4.78, 5) is 0. The van der Waals surface area contributed by atoms with Crippen LogP contribution in [0.2, 0.25) is 14.2 Å². The second-order valence-corrected chi connectivity index (χ2v) is 9.02. The molecule has 0 nitrogen and oxygen atoms in total. The molecule has 1 aliphatic rings. The van der Waals surface area contributed by atoms with Crippen molar-refractivity contribution >= 4 is 0 Å². The minimum absolute atomic E-state index is 0. The molecule has 0 spiro atoms. The predicted octanol–water partition coefficient (Wildman–Crippen LogP) is 1.18. The molecule has 0 N–H and O–H groups in total. The molecular formula is C11H19ClTi. The molecule has 0 aliphatic heterocycles. The predicted molar refractivity (Wildman–Crippen MR) is 52.2 cm³/mol. The quantitative estimate of drug-likeness (QED) is 0.598. The molecule has 74 valence electrons. The van der Waals surface area contributed by atoms with Crippen LogP contribution in [0.25, 0.3) is 0 Å². The SMILES string of the molecule is CC1=C[C](C)([Ti+]([CH3])[CH3])C(C)=C1C.[Cl-]. The Hall–Kier alpha value is 0.484. The Labute approximate surface area is 94.7 Å². The first-order valence-electron chi connectivity index (χ1n) is 4.58. The molecule has 0 fully saturated rings. The number of hydrogen-bond acceptors (Lipinski definition) is 0. The van der Waals surface area contributed by atoms with Crippen molar-refractivity contribution in [3.63, 3.8) is 0 Å². The first-order chi connectivity index (χ1) is 5.39. The van der Waals surface area contributed by atoms with Gasteiger partial charge in [-0.1, -0.05) is 0 Å². The van der Waals surface area contributed by atoms with Gasteiger partial charge in [-0.3, -0.25) is 0 Å². The van der Waals surface area contributed by atoms with Crippen molar-refractivity contribution in [1.82, 2.24) is 0 Å². The summed E-state index contributed by atoms with van der Waals surface area (Å²) in [7, 11) is 0. The minimum atomic E-state index is -0.868. The van der Waals surface area contributed by atoms with Crippen LogP contribution in [0.5, 0.6) is 0 Å². The van der Waals surface area contributed by atoms with E-state index in [1.807, 2.05) is 0 Å². The van der Waals surface area contributed by atoms with Gasteiger partial charge in [-0.25, -0.2) is 0 Å². The maximum atomic E-state index is 2.49. The van der Waals surface area contributed by atoms with Crippen molar-refractivity contribution in [1.29, 1.82) is 0 Å². The van der Waals surface area contributed by atoms with E-state index >= 15 is 0 Å². The van der Waals surface area contributed by atoms with Gasteiger partial charge >= 0.3 is 82.5 Å². The van der Waals surface area contributed by atoms with Crippen molar-refractivity contribution in [3.05, 3.63) is 22.8 Å². The molecule has 1 unspecified atom stereocenters. The number of rotatable bonds is 1. The smallest absolute Gasteiger partial charge is 1.00 e. The maximum absolute atomic E-state index is 2.49. The Bertz CT molecular complexity index is 263. The van der Waals surface area contributed by atoms with Gasteiger partial charge in [0.05, 0.1) is 0 Å². The van der Waals surface area contributed by atoms with Crippen LogP contribution in [0.1, 0.15) is 27.7 Å². The van der Waals surface area contributed by atoms with E-state index in [0.29, 0.717) is 3.72 Å². The monoisotopic (exact) mass is 234 g/mol. The third kappa shape index (κ3) is 2.11. The van der Waals surface area contributed by atoms with Crippen LogP contribution >= 0.6 is 0 Å². The third-order valence-corrected chi connectivity index (χ3v) is 7.53. The van der Waals surface area contributed by atoms with E-state index in [2.05, 4.69) is 44.2 Å². The zero-order chi connectivity index (χ0) is 9.52. The van der Waals surface area contributed by atoms with Crippen LogP contribution in [-0.2, 0) is 17.9 Å². The number of halogens is 1. The summed E-state index contributed by atoms with van der Waals surface area (Å²) in [5.41, 5.74) is 4.66. The topological polar surface area (TPSA) is 0 Å². The number of allylic oxidation sites excluding steroid dienone is 4. The Morgan fingerprint density at radius 1 is 1.15 bits per heavy atom. The van der Waals surface area contributed by atoms with Crippen molar-refractivity contribution in [2.24, 2.45) is 0 Å². The van der Waals surface area contributed by atoms with Gasteiger partial charge in [0.25, 0.3) is 0 Å². The molecule has 1 rings (SSSR count). The molecule has 13 heavy (non-hydrogen) atoms. The minimum Gasteiger partial charge on any atom is -1.00 e. The molecule has 0 aromatic rings. The van der Waals surface area contributed by atoms with E-state index < -0.39 is 17.9 Å². The molecule has 2 heteroatoms. The second kappa shape index (κ2) is 4.34. The van der Waals surface area contributed by atoms with Crippen molar-refractivity contribution in [2.75, 3.05) is 0 Å². The van der Waals surface area contributed by atoms with Crippen LogP contribution in [0, 0.1) is 0 Å². The molecule has 0 bridgehead atoms. The Morgan fingerprint density at radius 3 is 1.77 bits per heavy atom. The van der Waals surface area contributed by atoms with Gasteiger partial charge in [-0.15, -0.1) is 0 Å². The van der Waals surface area contributed by atoms with Crippen LogP contribution in [-0.4, -0.2) is 0 Å². The summed E-state index contributed by atoms with van der Waals surface area (Å²) >= 11 is -0.868. The Kier molecular flexibility index (Phi) is 4.50. The van der Waals surface area contributed by atoms with Crippen LogP contribution in [0.15, 0.2) is 22.8 Å². The first kappa shape index (κ1) is 13.5. The van der Waals surface area contributed by atoms with E-state index in [-0.39, 0.29) is 12.4 Å². The largest absolute Gasteiger partial charge is 1.00 e. The zero-order valence-corrected chi connectivity index (χ0v) is 11.8. The summed E-state index contributed by atoms with van der Waals surface area (Å²) in [6, 6.07) is 0. The van der Waals surface area contributed by atoms with Gasteiger partial charge in [0.1, 0.15) is 0 Å². The van der Waals surface area contributed by atoms with Gasteiger partial charge in [0.2, 0.25) is 0 Å². The standard InChI is InChI=1S/C9H13.2CH3.ClH.Ti/c1-6-5-7(2)9(4)8(6)3;;;;/h5H,1-4H3;2*1H3;1H;/q;;;;+1/p-1. The molecule has 1 atom stereocenters. The zero-order valence-electron chi connectivity index (χ0n) is 9.46. The normalized spacial score (nSPS) is 27.1. The summed E-state index contributed by atoms with van der Waals surface area (Å²) in [5, 5.41) is 4.93. The summed E-state index contributed by atoms with van der Waals surface area (Å²) in [6.07, 6.45) is 2.49. The van der Waals surface area contributed by atoms with Crippen molar-refractivity contribution in [3.8, 4) is 0 Å². The molecule has 1 aliphatic carbocycles. The van der Waals surface area contributed by atoms with E-state index in [4.69, 9.17) is 0 Å². The second-order valence-electron chi connectivity index (χ2n) is 4.28. The molecule has 0 amide bonds. The van der Waals surface area contributed by atoms with Gasteiger partial charge in [0.15, 0.2) is 0 Å². The van der Waals surface area contributed by atoms with Gasteiger partial charge in [0, 0.05) is 0 Å². The molecule has 0 aromatic heterocycles. The van der Waals surface area contributed by atoms with Gasteiger partial charge in [-0.05, 0) is 0 Å². The van der Waals surface area contributed by atoms with Crippen LogP contribution in [0.3, 0.4) is 0 Å². The summed E-state index contributed by atoms with van der Waals surface area (Å²) in [5.74, 6) is 0. The average molecular weight is 235 g/mol. The van der Waals surface area contributed by atoms with Crippen LogP contribution in [0.4, 0.5) is 0 Å². The number of hydrogen-bond donors (Lipinski definition) is 0. The average Bonchev–Trinajstić information content (AvgIpc) is 2.17. The Morgan fingerprint density at radius 2 is 1.62 bits per heavy atom. The third-order valence-electron chi connectivity index (χ3n) is 3.48. The molecule has 0 saturated carbocycles. The van der Waals surface area contributed by atoms with E-state index in [1.165, 1.54) is 11.1 Å². The molecule has 0 saturated heterocycles. The Balaban J connectivity index is 0.00000144. The molecule has 0 heterocycles. The van der Waals surface area contributed by atoms with Crippen LogP contribution < -0.4 is 12.4 Å². The van der Waals surface area contributed by atoms with Gasteiger partial charge in [-0.2, -0.15) is 0 Å². The molecular weight excluding hydrogens is 215 g/mol. The van der Waals surface area contributed by atoms with E-state index in [9.17, 15) is 0 Å². The maximum Gasteiger partial charge on any atom is -1.00 e. The first-order valence-corrected chi connectivity index (χ1v) is 8.48. The fraction of sp³-hybridized carbons (Fsp3) is 0.636. The summed E-state index contributed by atoms with van der Waals surface area (Å²) in [6.45, 7) is 9.22. The molecule has 0 aromatic carbocycles. The fourth-order valence-corrected chi connectivity index (χ4v) is 4.11. The van der Waals surface area contributed by atoms with E-state index in [1.54, 1.807) is 5.57 Å². The van der Waals surface area contributed by atoms with Crippen molar-refractivity contribution < 1.29 is 30.3 Å². The fourth-order valence-electron chi connectivity index (χ4n) is 1.85. The summed E-state index contributed by atoms with van der Waals surface area (Å²) < 4.78 is 0.480.